The van der Waals surface area contributed by atoms with E-state index in [2.05, 4.69) is 28.5 Å². The van der Waals surface area contributed by atoms with E-state index in [1.54, 1.807) is 19.2 Å². The van der Waals surface area contributed by atoms with Crippen molar-refractivity contribution < 1.29 is 9.66 Å². The van der Waals surface area contributed by atoms with Crippen molar-refractivity contribution >= 4 is 17.5 Å². The van der Waals surface area contributed by atoms with E-state index in [0.717, 1.165) is 30.9 Å². The Bertz CT molecular complexity index is 632. The van der Waals surface area contributed by atoms with Crippen LogP contribution in [-0.4, -0.2) is 54.9 Å². The molecule has 0 spiro atoms. The third-order valence-corrected chi connectivity index (χ3v) is 4.53. The van der Waals surface area contributed by atoms with E-state index in [4.69, 9.17) is 4.74 Å². The maximum atomic E-state index is 10.9. The van der Waals surface area contributed by atoms with Crippen molar-refractivity contribution in [2.45, 2.75) is 18.6 Å². The van der Waals surface area contributed by atoms with E-state index in [-0.39, 0.29) is 22.3 Å². The normalized spacial score (nSPS) is 27.3. The van der Waals surface area contributed by atoms with Gasteiger partial charge >= 0.3 is 0 Å². The van der Waals surface area contributed by atoms with E-state index in [9.17, 15) is 10.1 Å². The van der Waals surface area contributed by atoms with Gasteiger partial charge in [-0.1, -0.05) is 6.08 Å². The lowest BCUT2D eigenvalue weighted by molar-refractivity contribution is -0.384. The molecule has 23 heavy (non-hydrogen) atoms. The number of hydrogen-bond donors (Lipinski definition) is 2. The Balaban J connectivity index is 1.86. The van der Waals surface area contributed by atoms with Gasteiger partial charge in [-0.15, -0.1) is 0 Å². The predicted octanol–water partition coefficient (Wildman–Crippen LogP) is 1.67. The first kappa shape index (κ1) is 15.9. The first-order valence-electron chi connectivity index (χ1n) is 7.76. The standard InChI is InChI=1S/C16H22N4O3/c1-16(19-8-7-17-10-14(19)11-23-2)6-5-12-9-13(20(21)22)3-4-15(12)18-16/h3-6,9,14,17-18H,7-8,10-11H2,1-2H3/t14-,16?/m0/s1. The lowest BCUT2D eigenvalue weighted by Crippen LogP contribution is -2.64. The zero-order valence-corrected chi connectivity index (χ0v) is 13.4. The van der Waals surface area contributed by atoms with Gasteiger partial charge in [-0.05, 0) is 19.1 Å². The highest BCUT2D eigenvalue weighted by Crippen LogP contribution is 2.33. The number of nitrogens with zero attached hydrogens (tertiary/aromatic N) is 2. The Morgan fingerprint density at radius 3 is 3.09 bits per heavy atom. The molecule has 2 N–H and O–H groups in total. The SMILES string of the molecule is COC[C@@H]1CNCCN1C1(C)C=Cc2cc([N+](=O)[O-])ccc2N1. The number of non-ortho nitro benzene ring substituents is 1. The van der Waals surface area contributed by atoms with Gasteiger partial charge in [-0.25, -0.2) is 0 Å². The molecule has 0 aromatic heterocycles. The van der Waals surface area contributed by atoms with Crippen LogP contribution in [0.5, 0.6) is 0 Å². The van der Waals surface area contributed by atoms with Crippen LogP contribution >= 0.6 is 0 Å². The van der Waals surface area contributed by atoms with Crippen LogP contribution in [0.1, 0.15) is 12.5 Å². The highest BCUT2D eigenvalue weighted by atomic mass is 16.6. The first-order chi connectivity index (χ1) is 11.0. The summed E-state index contributed by atoms with van der Waals surface area (Å²) in [5, 5.41) is 17.8. The van der Waals surface area contributed by atoms with Crippen molar-refractivity contribution in [1.82, 2.24) is 10.2 Å². The fourth-order valence-electron chi connectivity index (χ4n) is 3.36. The van der Waals surface area contributed by atoms with E-state index in [0.29, 0.717) is 6.61 Å². The number of rotatable bonds is 4. The summed E-state index contributed by atoms with van der Waals surface area (Å²) >= 11 is 0. The molecule has 2 heterocycles. The predicted molar refractivity (Wildman–Crippen MR) is 89.4 cm³/mol. The van der Waals surface area contributed by atoms with Crippen molar-refractivity contribution in [2.24, 2.45) is 0 Å². The number of nitro groups is 1. The van der Waals surface area contributed by atoms with Crippen LogP contribution in [0.4, 0.5) is 11.4 Å². The smallest absolute Gasteiger partial charge is 0.270 e. The monoisotopic (exact) mass is 318 g/mol. The molecular formula is C16H22N4O3. The van der Waals surface area contributed by atoms with Crippen molar-refractivity contribution in [1.29, 1.82) is 0 Å². The van der Waals surface area contributed by atoms with Crippen LogP contribution in [0, 0.1) is 10.1 Å². The number of nitrogens with one attached hydrogen (secondary N) is 2. The van der Waals surface area contributed by atoms with Gasteiger partial charge in [-0.2, -0.15) is 0 Å². The Morgan fingerprint density at radius 1 is 1.52 bits per heavy atom. The molecule has 7 nitrogen and oxygen atoms in total. The third kappa shape index (κ3) is 3.08. The first-order valence-corrected chi connectivity index (χ1v) is 7.76. The Kier molecular flexibility index (Phi) is 4.34. The molecule has 2 atom stereocenters. The molecule has 2 aliphatic rings. The number of methoxy groups -OCH3 is 1. The van der Waals surface area contributed by atoms with E-state index in [1.807, 2.05) is 6.08 Å². The van der Waals surface area contributed by atoms with Crippen LogP contribution in [0.15, 0.2) is 24.3 Å². The molecule has 0 amide bonds. The number of nitro benzene ring substituents is 1. The third-order valence-electron chi connectivity index (χ3n) is 4.53. The van der Waals surface area contributed by atoms with Gasteiger partial charge in [0.25, 0.3) is 5.69 Å². The summed E-state index contributed by atoms with van der Waals surface area (Å²) in [5.41, 5.74) is 1.53. The van der Waals surface area contributed by atoms with Crippen LogP contribution in [0.3, 0.4) is 0 Å². The van der Waals surface area contributed by atoms with Gasteiger partial charge in [0.05, 0.1) is 11.5 Å². The van der Waals surface area contributed by atoms with Gasteiger partial charge in [0.1, 0.15) is 5.66 Å². The minimum Gasteiger partial charge on any atom is -0.383 e. The zero-order chi connectivity index (χ0) is 16.4. The summed E-state index contributed by atoms with van der Waals surface area (Å²) in [7, 11) is 1.72. The van der Waals surface area contributed by atoms with Crippen LogP contribution in [0.25, 0.3) is 6.08 Å². The topological polar surface area (TPSA) is 79.7 Å². The van der Waals surface area contributed by atoms with Gasteiger partial charge in [0, 0.05) is 56.2 Å². The summed E-state index contributed by atoms with van der Waals surface area (Å²) in [4.78, 5) is 12.9. The summed E-state index contributed by atoms with van der Waals surface area (Å²) < 4.78 is 5.35. The van der Waals surface area contributed by atoms with E-state index < -0.39 is 0 Å². The summed E-state index contributed by atoms with van der Waals surface area (Å²) in [6.45, 7) is 5.50. The Morgan fingerprint density at radius 2 is 2.35 bits per heavy atom. The van der Waals surface area contributed by atoms with Crippen molar-refractivity contribution in [3.8, 4) is 0 Å². The minimum absolute atomic E-state index is 0.109. The molecule has 7 heteroatoms. The molecule has 124 valence electrons. The molecule has 1 fully saturated rings. The average molecular weight is 318 g/mol. The number of ether oxygens (including phenoxy) is 1. The number of piperazine rings is 1. The van der Waals surface area contributed by atoms with Crippen molar-refractivity contribution in [2.75, 3.05) is 38.7 Å². The average Bonchev–Trinajstić information content (AvgIpc) is 2.55. The molecule has 1 aromatic carbocycles. The fraction of sp³-hybridized carbons (Fsp3) is 0.500. The second kappa shape index (κ2) is 6.27. The molecule has 2 aliphatic heterocycles. The highest BCUT2D eigenvalue weighted by molar-refractivity contribution is 5.74. The molecule has 0 saturated carbocycles. The maximum Gasteiger partial charge on any atom is 0.270 e. The highest BCUT2D eigenvalue weighted by Gasteiger charge is 2.37. The van der Waals surface area contributed by atoms with Crippen LogP contribution in [-0.2, 0) is 4.74 Å². The quantitative estimate of drug-likeness (QED) is 0.649. The summed E-state index contributed by atoms with van der Waals surface area (Å²) in [6.07, 6.45) is 4.04. The molecule has 1 unspecified atom stereocenters. The maximum absolute atomic E-state index is 10.9. The van der Waals surface area contributed by atoms with Gasteiger partial charge in [-0.3, -0.25) is 15.0 Å². The zero-order valence-electron chi connectivity index (χ0n) is 13.4. The lowest BCUT2D eigenvalue weighted by Gasteiger charge is -2.48. The lowest BCUT2D eigenvalue weighted by atomic mass is 9.97. The molecule has 3 rings (SSSR count). The number of hydrogen-bond acceptors (Lipinski definition) is 6. The molecule has 1 saturated heterocycles. The van der Waals surface area contributed by atoms with Crippen molar-refractivity contribution in [3.05, 3.63) is 40.0 Å². The number of fused-ring (bicyclic) bond motifs is 1. The Hall–Kier alpha value is -1.96. The molecular weight excluding hydrogens is 296 g/mol. The summed E-state index contributed by atoms with van der Waals surface area (Å²) in [5.74, 6) is 0. The van der Waals surface area contributed by atoms with Crippen molar-refractivity contribution in [3.63, 3.8) is 0 Å². The minimum atomic E-state index is -0.368. The molecule has 1 aromatic rings. The van der Waals surface area contributed by atoms with Crippen LogP contribution in [0.2, 0.25) is 0 Å². The van der Waals surface area contributed by atoms with Crippen LogP contribution < -0.4 is 10.6 Å². The second-order valence-corrected chi connectivity index (χ2v) is 6.14. The molecule has 0 bridgehead atoms. The van der Waals surface area contributed by atoms with Gasteiger partial charge in [0.15, 0.2) is 0 Å². The number of benzene rings is 1. The summed E-state index contributed by atoms with van der Waals surface area (Å²) in [6, 6.07) is 5.19. The Labute approximate surface area is 135 Å². The van der Waals surface area contributed by atoms with Gasteiger partial charge < -0.3 is 15.4 Å². The van der Waals surface area contributed by atoms with E-state index in [1.165, 1.54) is 6.07 Å². The number of anilines is 1. The molecule has 0 aliphatic carbocycles. The van der Waals surface area contributed by atoms with Gasteiger partial charge in [0.2, 0.25) is 0 Å². The fourth-order valence-corrected chi connectivity index (χ4v) is 3.36. The molecule has 0 radical (unpaired) electrons. The van der Waals surface area contributed by atoms with E-state index >= 15 is 0 Å². The largest absolute Gasteiger partial charge is 0.383 e. The second-order valence-electron chi connectivity index (χ2n) is 6.14.